The SMILES string of the molecule is FC(F)(F)c1ncc2cc(N3CCOCC3)ccc2n1. The van der Waals surface area contributed by atoms with Gasteiger partial charge in [0.1, 0.15) is 0 Å². The summed E-state index contributed by atoms with van der Waals surface area (Å²) in [5.74, 6) is -1.11. The fourth-order valence-corrected chi connectivity index (χ4v) is 2.18. The molecule has 1 aromatic heterocycles. The molecule has 0 saturated carbocycles. The van der Waals surface area contributed by atoms with E-state index < -0.39 is 12.0 Å². The third-order valence-corrected chi connectivity index (χ3v) is 3.19. The molecule has 0 amide bonds. The van der Waals surface area contributed by atoms with Gasteiger partial charge in [0, 0.05) is 30.4 Å². The van der Waals surface area contributed by atoms with Crippen molar-refractivity contribution in [3.05, 3.63) is 30.2 Å². The van der Waals surface area contributed by atoms with Gasteiger partial charge in [0.15, 0.2) is 0 Å². The highest BCUT2D eigenvalue weighted by Crippen LogP contribution is 2.28. The number of rotatable bonds is 1. The maximum Gasteiger partial charge on any atom is 0.451 e. The Hall–Kier alpha value is -1.89. The molecule has 0 bridgehead atoms. The molecule has 3 rings (SSSR count). The summed E-state index contributed by atoms with van der Waals surface area (Å²) in [4.78, 5) is 9.06. The fraction of sp³-hybridized carbons (Fsp3) is 0.385. The number of hydrogen-bond donors (Lipinski definition) is 0. The Morgan fingerprint density at radius 1 is 1.15 bits per heavy atom. The molecule has 1 fully saturated rings. The standard InChI is InChI=1S/C13H12F3N3O/c14-13(15,16)12-17-8-9-7-10(1-2-11(9)18-12)19-3-5-20-6-4-19/h1-2,7-8H,3-6H2. The van der Waals surface area contributed by atoms with Crippen molar-refractivity contribution in [2.75, 3.05) is 31.2 Å². The zero-order valence-electron chi connectivity index (χ0n) is 10.5. The number of aromatic nitrogens is 2. The molecule has 20 heavy (non-hydrogen) atoms. The van der Waals surface area contributed by atoms with Crippen molar-refractivity contribution in [2.24, 2.45) is 0 Å². The largest absolute Gasteiger partial charge is 0.451 e. The van der Waals surface area contributed by atoms with E-state index in [9.17, 15) is 13.2 Å². The van der Waals surface area contributed by atoms with Gasteiger partial charge in [-0.25, -0.2) is 9.97 Å². The summed E-state index contributed by atoms with van der Waals surface area (Å²) in [6.45, 7) is 2.85. The van der Waals surface area contributed by atoms with E-state index in [0.717, 1.165) is 18.8 Å². The predicted molar refractivity (Wildman–Crippen MR) is 67.6 cm³/mol. The molecule has 2 heterocycles. The third kappa shape index (κ3) is 2.53. The van der Waals surface area contributed by atoms with Gasteiger partial charge in [-0.15, -0.1) is 0 Å². The van der Waals surface area contributed by atoms with Gasteiger partial charge >= 0.3 is 6.18 Å². The topological polar surface area (TPSA) is 38.2 Å². The average molecular weight is 283 g/mol. The molecule has 0 N–H and O–H groups in total. The van der Waals surface area contributed by atoms with Crippen LogP contribution in [0.25, 0.3) is 10.9 Å². The highest BCUT2D eigenvalue weighted by Gasteiger charge is 2.34. The van der Waals surface area contributed by atoms with E-state index in [1.165, 1.54) is 6.20 Å². The summed E-state index contributed by atoms with van der Waals surface area (Å²) < 4.78 is 42.9. The Morgan fingerprint density at radius 2 is 1.90 bits per heavy atom. The fourth-order valence-electron chi connectivity index (χ4n) is 2.18. The van der Waals surface area contributed by atoms with Gasteiger partial charge in [0.2, 0.25) is 5.82 Å². The molecule has 1 saturated heterocycles. The maximum absolute atomic E-state index is 12.5. The Morgan fingerprint density at radius 3 is 2.60 bits per heavy atom. The Balaban J connectivity index is 1.96. The second kappa shape index (κ2) is 4.90. The number of hydrogen-bond acceptors (Lipinski definition) is 4. The van der Waals surface area contributed by atoms with Crippen LogP contribution >= 0.6 is 0 Å². The number of benzene rings is 1. The molecule has 7 heteroatoms. The molecule has 1 aromatic carbocycles. The van der Waals surface area contributed by atoms with E-state index in [0.29, 0.717) is 24.1 Å². The van der Waals surface area contributed by atoms with Crippen LogP contribution in [0.3, 0.4) is 0 Å². The van der Waals surface area contributed by atoms with Gasteiger partial charge in [0.25, 0.3) is 0 Å². The zero-order valence-corrected chi connectivity index (χ0v) is 10.5. The summed E-state index contributed by atoms with van der Waals surface area (Å²) in [5, 5.41) is 0.599. The first-order chi connectivity index (χ1) is 9.54. The van der Waals surface area contributed by atoms with Gasteiger partial charge in [-0.3, -0.25) is 0 Å². The van der Waals surface area contributed by atoms with Gasteiger partial charge in [-0.2, -0.15) is 13.2 Å². The molecular formula is C13H12F3N3O. The molecule has 0 unspecified atom stereocenters. The summed E-state index contributed by atoms with van der Waals surface area (Å²) in [6, 6.07) is 5.18. The van der Waals surface area contributed by atoms with Crippen LogP contribution in [0.2, 0.25) is 0 Å². The second-order valence-electron chi connectivity index (χ2n) is 4.53. The van der Waals surface area contributed by atoms with E-state index in [-0.39, 0.29) is 0 Å². The lowest BCUT2D eigenvalue weighted by molar-refractivity contribution is -0.144. The maximum atomic E-state index is 12.5. The van der Waals surface area contributed by atoms with Gasteiger partial charge < -0.3 is 9.64 Å². The van der Waals surface area contributed by atoms with Crippen LogP contribution in [0.15, 0.2) is 24.4 Å². The van der Waals surface area contributed by atoms with Crippen molar-refractivity contribution < 1.29 is 17.9 Å². The minimum atomic E-state index is -4.52. The normalized spacial score (nSPS) is 16.6. The van der Waals surface area contributed by atoms with Gasteiger partial charge in [0.05, 0.1) is 18.7 Å². The monoisotopic (exact) mass is 283 g/mol. The van der Waals surface area contributed by atoms with Crippen LogP contribution in [0.5, 0.6) is 0 Å². The smallest absolute Gasteiger partial charge is 0.378 e. The first kappa shape index (κ1) is 13.1. The lowest BCUT2D eigenvalue weighted by Gasteiger charge is -2.29. The van der Waals surface area contributed by atoms with Gasteiger partial charge in [-0.05, 0) is 18.2 Å². The number of nitrogens with zero attached hydrogens (tertiary/aromatic N) is 3. The minimum Gasteiger partial charge on any atom is -0.378 e. The molecule has 0 spiro atoms. The molecule has 0 radical (unpaired) electrons. The molecule has 4 nitrogen and oxygen atoms in total. The van der Waals surface area contributed by atoms with Crippen molar-refractivity contribution in [1.82, 2.24) is 9.97 Å². The molecular weight excluding hydrogens is 271 g/mol. The first-order valence-electron chi connectivity index (χ1n) is 6.21. The van der Waals surface area contributed by atoms with E-state index in [1.807, 2.05) is 0 Å². The number of alkyl halides is 3. The quantitative estimate of drug-likeness (QED) is 0.806. The van der Waals surface area contributed by atoms with Crippen LogP contribution in [0.1, 0.15) is 5.82 Å². The summed E-state index contributed by atoms with van der Waals surface area (Å²) >= 11 is 0. The summed E-state index contributed by atoms with van der Waals surface area (Å²) in [6.07, 6.45) is -3.30. The van der Waals surface area contributed by atoms with Crippen LogP contribution in [-0.2, 0) is 10.9 Å². The Labute approximate surface area is 113 Å². The predicted octanol–water partition coefficient (Wildman–Crippen LogP) is 2.49. The Bertz CT molecular complexity index is 624. The lowest BCUT2D eigenvalue weighted by Crippen LogP contribution is -2.36. The Kier molecular flexibility index (Phi) is 3.21. The average Bonchev–Trinajstić information content (AvgIpc) is 2.46. The van der Waals surface area contributed by atoms with Crippen molar-refractivity contribution in [2.45, 2.75) is 6.18 Å². The molecule has 0 atom stereocenters. The lowest BCUT2D eigenvalue weighted by atomic mass is 10.2. The van der Waals surface area contributed by atoms with Crippen LogP contribution < -0.4 is 4.90 Å². The van der Waals surface area contributed by atoms with Crippen LogP contribution in [0.4, 0.5) is 18.9 Å². The van der Waals surface area contributed by atoms with Crippen LogP contribution in [-0.4, -0.2) is 36.3 Å². The van der Waals surface area contributed by atoms with Crippen molar-refractivity contribution >= 4 is 16.6 Å². The minimum absolute atomic E-state index is 0.296. The third-order valence-electron chi connectivity index (χ3n) is 3.19. The van der Waals surface area contributed by atoms with Crippen molar-refractivity contribution in [3.8, 4) is 0 Å². The van der Waals surface area contributed by atoms with E-state index in [4.69, 9.17) is 4.74 Å². The molecule has 1 aliphatic heterocycles. The van der Waals surface area contributed by atoms with E-state index in [2.05, 4.69) is 14.9 Å². The molecule has 106 valence electrons. The summed E-state index contributed by atoms with van der Waals surface area (Å²) in [7, 11) is 0. The number of halogens is 3. The molecule has 1 aliphatic rings. The number of morpholine rings is 1. The zero-order chi connectivity index (χ0) is 14.2. The van der Waals surface area contributed by atoms with Crippen molar-refractivity contribution in [1.29, 1.82) is 0 Å². The molecule has 0 aliphatic carbocycles. The number of ether oxygens (including phenoxy) is 1. The highest BCUT2D eigenvalue weighted by atomic mass is 19.4. The summed E-state index contributed by atoms with van der Waals surface area (Å²) in [5.41, 5.74) is 1.24. The van der Waals surface area contributed by atoms with E-state index in [1.54, 1.807) is 18.2 Å². The first-order valence-corrected chi connectivity index (χ1v) is 6.21. The van der Waals surface area contributed by atoms with E-state index >= 15 is 0 Å². The molecule has 2 aromatic rings. The second-order valence-corrected chi connectivity index (χ2v) is 4.53. The number of anilines is 1. The van der Waals surface area contributed by atoms with Gasteiger partial charge in [-0.1, -0.05) is 0 Å². The van der Waals surface area contributed by atoms with Crippen LogP contribution in [0, 0.1) is 0 Å². The highest BCUT2D eigenvalue weighted by molar-refractivity contribution is 5.81. The number of fused-ring (bicyclic) bond motifs is 1. The van der Waals surface area contributed by atoms with Crippen molar-refractivity contribution in [3.63, 3.8) is 0 Å².